The van der Waals surface area contributed by atoms with Crippen molar-refractivity contribution in [2.24, 2.45) is 0 Å². The minimum Gasteiger partial charge on any atom is -0.321 e. The van der Waals surface area contributed by atoms with Gasteiger partial charge in [-0.05, 0) is 35.9 Å². The van der Waals surface area contributed by atoms with E-state index in [-0.39, 0.29) is 11.3 Å². The van der Waals surface area contributed by atoms with Crippen molar-refractivity contribution in [1.82, 2.24) is 15.0 Å². The number of halogens is 1. The zero-order valence-corrected chi connectivity index (χ0v) is 16.2. The Morgan fingerprint density at radius 2 is 1.79 bits per heavy atom. The summed E-state index contributed by atoms with van der Waals surface area (Å²) in [5.74, 6) is -0.383. The maximum atomic E-state index is 13.0. The lowest BCUT2D eigenvalue weighted by Gasteiger charge is -2.11. The molecule has 0 amide bonds. The molecule has 0 radical (unpaired) electrons. The van der Waals surface area contributed by atoms with Crippen LogP contribution in [-0.2, 0) is 0 Å². The van der Waals surface area contributed by atoms with Crippen LogP contribution in [0.4, 0.5) is 0 Å². The topological polar surface area (TPSA) is 75.7 Å². The van der Waals surface area contributed by atoms with Gasteiger partial charge < -0.3 is 4.98 Å². The van der Waals surface area contributed by atoms with Crippen molar-refractivity contribution in [3.8, 4) is 11.1 Å². The number of allylic oxidation sites excluding steroid dienone is 1. The van der Waals surface area contributed by atoms with Crippen LogP contribution in [0.3, 0.4) is 0 Å². The van der Waals surface area contributed by atoms with E-state index in [1.54, 1.807) is 18.5 Å². The van der Waals surface area contributed by atoms with Gasteiger partial charge in [-0.25, -0.2) is 9.97 Å². The molecule has 0 atom stereocenters. The minimum absolute atomic E-state index is 0.102. The maximum absolute atomic E-state index is 13.0. The van der Waals surface area contributed by atoms with E-state index in [1.165, 1.54) is 12.4 Å². The van der Waals surface area contributed by atoms with Crippen molar-refractivity contribution in [3.05, 3.63) is 99.3 Å². The number of H-pyrrole nitrogens is 1. The van der Waals surface area contributed by atoms with Crippen LogP contribution in [0, 0.1) is 0 Å². The van der Waals surface area contributed by atoms with E-state index in [1.807, 2.05) is 48.5 Å². The highest BCUT2D eigenvalue weighted by Gasteiger charge is 2.19. The van der Waals surface area contributed by atoms with Gasteiger partial charge in [-0.15, -0.1) is 0 Å². The van der Waals surface area contributed by atoms with Gasteiger partial charge in [0, 0.05) is 38.9 Å². The van der Waals surface area contributed by atoms with E-state index < -0.39 is 5.56 Å². The predicted octanol–water partition coefficient (Wildman–Crippen LogP) is 4.64. The molecule has 2 aromatic carbocycles. The Hall–Kier alpha value is -3.38. The highest BCUT2D eigenvalue weighted by atomic mass is 79.9. The van der Waals surface area contributed by atoms with E-state index in [0.29, 0.717) is 16.6 Å². The lowest BCUT2D eigenvalue weighted by atomic mass is 9.94. The second kappa shape index (κ2) is 7.70. The van der Waals surface area contributed by atoms with Gasteiger partial charge >= 0.3 is 0 Å². The molecule has 0 unspecified atom stereocenters. The summed E-state index contributed by atoms with van der Waals surface area (Å²) in [5, 5.41) is 0.792. The Labute approximate surface area is 168 Å². The highest BCUT2D eigenvalue weighted by molar-refractivity contribution is 9.10. The summed E-state index contributed by atoms with van der Waals surface area (Å²) in [6.45, 7) is 0. The number of ketones is 1. The fourth-order valence-corrected chi connectivity index (χ4v) is 3.42. The highest BCUT2D eigenvalue weighted by Crippen LogP contribution is 2.31. The molecule has 28 heavy (non-hydrogen) atoms. The summed E-state index contributed by atoms with van der Waals surface area (Å²) in [4.78, 5) is 36.5. The first-order chi connectivity index (χ1) is 13.6. The molecule has 5 nitrogen and oxygen atoms in total. The molecule has 0 spiro atoms. The normalized spacial score (nSPS) is 11.2. The van der Waals surface area contributed by atoms with Crippen molar-refractivity contribution in [2.45, 2.75) is 0 Å². The first-order valence-electron chi connectivity index (χ1n) is 8.52. The van der Waals surface area contributed by atoms with E-state index in [4.69, 9.17) is 0 Å². The maximum Gasteiger partial charge on any atom is 0.260 e. The first-order valence-corrected chi connectivity index (χ1v) is 9.31. The molecular formula is C22H14BrN3O2. The van der Waals surface area contributed by atoms with Gasteiger partial charge in [-0.2, -0.15) is 0 Å². The van der Waals surface area contributed by atoms with Gasteiger partial charge in [-0.1, -0.05) is 46.3 Å². The zero-order valence-electron chi connectivity index (χ0n) is 14.6. The number of hydrogen-bond donors (Lipinski definition) is 1. The third kappa shape index (κ3) is 3.54. The summed E-state index contributed by atoms with van der Waals surface area (Å²) in [7, 11) is 0. The van der Waals surface area contributed by atoms with Gasteiger partial charge in [0.1, 0.15) is 6.33 Å². The molecule has 0 saturated heterocycles. The number of carbonyl (C=O) groups excluding carboxylic acids is 1. The van der Waals surface area contributed by atoms with Crippen LogP contribution in [0.15, 0.2) is 82.6 Å². The number of hydrogen-bond acceptors (Lipinski definition) is 4. The molecule has 136 valence electrons. The van der Waals surface area contributed by atoms with Crippen LogP contribution >= 0.6 is 15.9 Å². The summed E-state index contributed by atoms with van der Waals surface area (Å²) in [6, 6.07) is 15.0. The average molecular weight is 432 g/mol. The summed E-state index contributed by atoms with van der Waals surface area (Å²) >= 11 is 3.48. The van der Waals surface area contributed by atoms with Gasteiger partial charge in [0.15, 0.2) is 5.78 Å². The molecule has 0 bridgehead atoms. The molecule has 0 fully saturated rings. The molecule has 2 aromatic heterocycles. The number of fused-ring (bicyclic) bond motifs is 1. The largest absolute Gasteiger partial charge is 0.321 e. The Kier molecular flexibility index (Phi) is 4.95. The molecule has 2 heterocycles. The van der Waals surface area contributed by atoms with Crippen molar-refractivity contribution in [2.75, 3.05) is 0 Å². The van der Waals surface area contributed by atoms with Gasteiger partial charge in [-0.3, -0.25) is 9.59 Å². The van der Waals surface area contributed by atoms with Crippen LogP contribution in [-0.4, -0.2) is 20.7 Å². The second-order valence-corrected chi connectivity index (χ2v) is 7.05. The number of nitrogens with one attached hydrogen (secondary N) is 1. The third-order valence-electron chi connectivity index (χ3n) is 4.29. The summed E-state index contributed by atoms with van der Waals surface area (Å²) in [6.07, 6.45) is 7.58. The van der Waals surface area contributed by atoms with Crippen LogP contribution in [0.5, 0.6) is 0 Å². The number of aromatic amines is 1. The number of benzene rings is 2. The third-order valence-corrected chi connectivity index (χ3v) is 4.79. The fraction of sp³-hybridized carbons (Fsp3) is 0. The fourth-order valence-electron chi connectivity index (χ4n) is 3.06. The number of aromatic nitrogens is 3. The average Bonchev–Trinajstić information content (AvgIpc) is 2.73. The van der Waals surface area contributed by atoms with Gasteiger partial charge in [0.2, 0.25) is 0 Å². The van der Waals surface area contributed by atoms with Crippen molar-refractivity contribution < 1.29 is 4.79 Å². The predicted molar refractivity (Wildman–Crippen MR) is 113 cm³/mol. The SMILES string of the molecule is O=C(/C=C/c1cncnc1)c1c(-c2ccccc2)c2cc(Br)ccc2[nH]c1=O. The Morgan fingerprint density at radius 1 is 1.04 bits per heavy atom. The van der Waals surface area contributed by atoms with E-state index in [0.717, 1.165) is 15.4 Å². The Morgan fingerprint density at radius 3 is 2.54 bits per heavy atom. The molecule has 4 rings (SSSR count). The molecule has 4 aromatic rings. The first kappa shape index (κ1) is 18.0. The van der Waals surface area contributed by atoms with E-state index in [9.17, 15) is 9.59 Å². The van der Waals surface area contributed by atoms with Gasteiger partial charge in [0.25, 0.3) is 5.56 Å². The van der Waals surface area contributed by atoms with E-state index >= 15 is 0 Å². The molecule has 1 N–H and O–H groups in total. The smallest absolute Gasteiger partial charge is 0.260 e. The summed E-state index contributed by atoms with van der Waals surface area (Å²) < 4.78 is 0.861. The number of nitrogens with zero attached hydrogens (tertiary/aromatic N) is 2. The Balaban J connectivity index is 1.95. The number of rotatable bonds is 4. The molecular weight excluding hydrogens is 418 g/mol. The molecule has 0 aliphatic carbocycles. The number of pyridine rings is 1. The number of carbonyl (C=O) groups is 1. The van der Waals surface area contributed by atoms with Crippen LogP contribution in [0.2, 0.25) is 0 Å². The zero-order chi connectivity index (χ0) is 19.5. The van der Waals surface area contributed by atoms with Crippen LogP contribution in [0.1, 0.15) is 15.9 Å². The monoisotopic (exact) mass is 431 g/mol. The van der Waals surface area contributed by atoms with Crippen molar-refractivity contribution in [3.63, 3.8) is 0 Å². The second-order valence-electron chi connectivity index (χ2n) is 6.13. The van der Waals surface area contributed by atoms with Crippen LogP contribution < -0.4 is 5.56 Å². The van der Waals surface area contributed by atoms with Gasteiger partial charge in [0.05, 0.1) is 5.56 Å². The lowest BCUT2D eigenvalue weighted by Crippen LogP contribution is -2.18. The quantitative estimate of drug-likeness (QED) is 0.377. The van der Waals surface area contributed by atoms with E-state index in [2.05, 4.69) is 30.9 Å². The molecule has 0 aliphatic heterocycles. The summed E-state index contributed by atoms with van der Waals surface area (Å²) in [5.41, 5.74) is 2.44. The van der Waals surface area contributed by atoms with Crippen LogP contribution in [0.25, 0.3) is 28.1 Å². The molecule has 6 heteroatoms. The molecule has 0 aliphatic rings. The minimum atomic E-state index is -0.423. The Bertz CT molecular complexity index is 1250. The lowest BCUT2D eigenvalue weighted by molar-refractivity contribution is 0.104. The van der Waals surface area contributed by atoms with Crippen molar-refractivity contribution in [1.29, 1.82) is 0 Å². The standard InChI is InChI=1S/C22H14BrN3O2/c23-16-7-8-18-17(10-16)20(15-4-2-1-3-5-15)21(22(28)26-18)19(27)9-6-14-11-24-13-25-12-14/h1-13H,(H,26,28)/b9-6+. The molecule has 0 saturated carbocycles. The van der Waals surface area contributed by atoms with Crippen molar-refractivity contribution >= 4 is 38.7 Å².